The molecule has 2 aromatic rings. The van der Waals surface area contributed by atoms with Gasteiger partial charge in [0.15, 0.2) is 0 Å². The number of benzene rings is 2. The average molecular weight is 600 g/mol. The third-order valence-corrected chi connectivity index (χ3v) is 9.79. The molecule has 2 heterocycles. The fraction of sp³-hybridized carbons (Fsp3) is 0.552. The monoisotopic (exact) mass is 599 g/mol. The van der Waals surface area contributed by atoms with E-state index in [0.29, 0.717) is 13.1 Å². The van der Waals surface area contributed by atoms with Gasteiger partial charge >= 0.3 is 6.18 Å². The van der Waals surface area contributed by atoms with Crippen molar-refractivity contribution in [3.8, 4) is 0 Å². The van der Waals surface area contributed by atoms with Crippen LogP contribution in [0.3, 0.4) is 0 Å². The smallest absolute Gasteiger partial charge is 0.390 e. The molecule has 0 radical (unpaired) electrons. The molecule has 2 N–H and O–H groups in total. The lowest BCUT2D eigenvalue weighted by molar-refractivity contribution is -0.138. The predicted molar refractivity (Wildman–Crippen MR) is 149 cm³/mol. The van der Waals surface area contributed by atoms with E-state index in [-0.39, 0.29) is 43.5 Å². The Bertz CT molecular complexity index is 1310. The Hall–Kier alpha value is -2.70. The predicted octanol–water partition coefficient (Wildman–Crippen LogP) is 5.08. The number of hydrogen-bond donors (Lipinski definition) is 2. The molecule has 7 nitrogen and oxygen atoms in total. The summed E-state index contributed by atoms with van der Waals surface area (Å²) in [5.74, 6) is -0.271. The number of nitrogens with zero attached hydrogens (tertiary/aromatic N) is 2. The molecule has 0 bridgehead atoms. The van der Waals surface area contributed by atoms with Gasteiger partial charge in [-0.25, -0.2) is 22.5 Å². The molecule has 2 aliphatic heterocycles. The third kappa shape index (κ3) is 8.20. The molecule has 0 spiro atoms. The van der Waals surface area contributed by atoms with Crippen LogP contribution < -0.4 is 4.72 Å². The number of halogens is 4. The normalized spacial score (nSPS) is 23.1. The molecule has 226 valence electrons. The van der Waals surface area contributed by atoms with Crippen LogP contribution in [0.1, 0.15) is 68.2 Å². The Balaban J connectivity index is 1.41. The summed E-state index contributed by atoms with van der Waals surface area (Å²) < 4.78 is 87.0. The molecular formula is C29H37F4N3O4S. The van der Waals surface area contributed by atoms with Crippen LogP contribution in [0, 0.1) is 5.82 Å². The van der Waals surface area contributed by atoms with E-state index in [4.69, 9.17) is 4.74 Å². The van der Waals surface area contributed by atoms with Crippen LogP contribution in [0.15, 0.2) is 53.5 Å². The minimum atomic E-state index is -4.15. The van der Waals surface area contributed by atoms with Crippen molar-refractivity contribution in [2.75, 3.05) is 26.2 Å². The van der Waals surface area contributed by atoms with Gasteiger partial charge in [0.05, 0.1) is 12.5 Å². The van der Waals surface area contributed by atoms with Crippen LogP contribution in [0.5, 0.6) is 0 Å². The fourth-order valence-corrected chi connectivity index (χ4v) is 7.21. The second kappa shape index (κ2) is 12.7. The number of hydrogen-bond acceptors (Lipinski definition) is 6. The van der Waals surface area contributed by atoms with Crippen molar-refractivity contribution in [3.63, 3.8) is 0 Å². The topological polar surface area (TPSA) is 91.2 Å². The molecule has 12 heteroatoms. The lowest BCUT2D eigenvalue weighted by Gasteiger charge is -2.39. The highest BCUT2D eigenvalue weighted by Gasteiger charge is 2.47. The maximum Gasteiger partial charge on any atom is 0.390 e. The van der Waals surface area contributed by atoms with Gasteiger partial charge in [-0.15, -0.1) is 0 Å². The molecular weight excluding hydrogens is 562 g/mol. The van der Waals surface area contributed by atoms with Gasteiger partial charge < -0.3 is 14.7 Å². The van der Waals surface area contributed by atoms with Crippen molar-refractivity contribution in [2.24, 2.45) is 4.99 Å². The number of ether oxygens (including phenoxy) is 1. The lowest BCUT2D eigenvalue weighted by atomic mass is 9.88. The van der Waals surface area contributed by atoms with Crippen molar-refractivity contribution in [1.82, 2.24) is 9.62 Å². The minimum absolute atomic E-state index is 0.0224. The van der Waals surface area contributed by atoms with Crippen LogP contribution in [0.25, 0.3) is 0 Å². The van der Waals surface area contributed by atoms with Crippen molar-refractivity contribution >= 4 is 16.0 Å². The molecule has 0 amide bonds. The zero-order valence-corrected chi connectivity index (χ0v) is 24.0. The van der Waals surface area contributed by atoms with Crippen LogP contribution >= 0.6 is 0 Å². The van der Waals surface area contributed by atoms with Crippen molar-refractivity contribution < 1.29 is 35.8 Å². The molecule has 41 heavy (non-hydrogen) atoms. The molecule has 2 aromatic carbocycles. The van der Waals surface area contributed by atoms with E-state index >= 15 is 0 Å². The highest BCUT2D eigenvalue weighted by Crippen LogP contribution is 2.33. The van der Waals surface area contributed by atoms with Crippen molar-refractivity contribution in [2.45, 2.75) is 74.9 Å². The molecule has 2 saturated heterocycles. The van der Waals surface area contributed by atoms with Crippen LogP contribution in [-0.2, 0) is 21.2 Å². The van der Waals surface area contributed by atoms with E-state index in [1.165, 1.54) is 18.2 Å². The Morgan fingerprint density at radius 1 is 1.12 bits per heavy atom. The zero-order chi connectivity index (χ0) is 29.8. The number of amidine groups is 1. The first kappa shape index (κ1) is 31.2. The fourth-order valence-electron chi connectivity index (χ4n) is 5.52. The van der Waals surface area contributed by atoms with Crippen LogP contribution in [0.4, 0.5) is 17.6 Å². The summed E-state index contributed by atoms with van der Waals surface area (Å²) in [6.45, 7) is 4.30. The summed E-state index contributed by atoms with van der Waals surface area (Å²) in [4.78, 5) is 6.17. The van der Waals surface area contributed by atoms with Crippen LogP contribution in [-0.4, -0.2) is 67.7 Å². The first-order chi connectivity index (χ1) is 19.3. The highest BCUT2D eigenvalue weighted by atomic mass is 32.2. The quantitative estimate of drug-likeness (QED) is 0.393. The average Bonchev–Trinajstić information content (AvgIpc) is 2.89. The molecule has 2 fully saturated rings. The largest absolute Gasteiger partial charge is 0.457 e. The van der Waals surface area contributed by atoms with Crippen molar-refractivity contribution in [1.29, 1.82) is 0 Å². The minimum Gasteiger partial charge on any atom is -0.457 e. The Kier molecular flexibility index (Phi) is 9.65. The van der Waals surface area contributed by atoms with Gasteiger partial charge in [-0.3, -0.25) is 0 Å². The number of likely N-dealkylation sites (tertiary alicyclic amines) is 1. The summed E-state index contributed by atoms with van der Waals surface area (Å²) in [6, 6.07) is 12.6. The number of piperidine rings is 1. The van der Waals surface area contributed by atoms with Gasteiger partial charge in [-0.05, 0) is 75.7 Å². The number of nitrogens with one attached hydrogen (secondary N) is 1. The van der Waals surface area contributed by atoms with Gasteiger partial charge in [0.25, 0.3) is 6.02 Å². The standard InChI is InChI=1S/C29H37F4N3O4S/c1-28(2)26(41(38,39)35-27(40-28)34-25(13-18-37)23-5-3-4-6-24(23)30)19-20-7-9-21(10-8-20)22-11-15-36(16-12-22)17-14-29(31,32)33/h3-10,22,25-26,37H,11-19H2,1-2H3,(H,34,35)/t25-,26?/m0/s1. The van der Waals surface area contributed by atoms with Gasteiger partial charge in [0.2, 0.25) is 10.0 Å². The van der Waals surface area contributed by atoms with Gasteiger partial charge in [0.1, 0.15) is 16.7 Å². The second-order valence-electron chi connectivity index (χ2n) is 11.3. The van der Waals surface area contributed by atoms with Crippen molar-refractivity contribution in [3.05, 3.63) is 71.0 Å². The molecule has 1 unspecified atom stereocenters. The summed E-state index contributed by atoms with van der Waals surface area (Å²) in [5.41, 5.74) is 0.947. The number of alkyl halides is 3. The van der Waals surface area contributed by atoms with E-state index in [1.54, 1.807) is 19.9 Å². The van der Waals surface area contributed by atoms with Gasteiger partial charge in [0, 0.05) is 18.7 Å². The highest BCUT2D eigenvalue weighted by molar-refractivity contribution is 7.90. The number of aliphatic hydroxyl groups excluding tert-OH is 1. The molecule has 0 saturated carbocycles. The zero-order valence-electron chi connectivity index (χ0n) is 23.2. The lowest BCUT2D eigenvalue weighted by Crippen LogP contribution is -2.59. The molecule has 2 aliphatic rings. The van der Waals surface area contributed by atoms with Crippen LogP contribution in [0.2, 0.25) is 0 Å². The number of aliphatic hydroxyl groups is 1. The summed E-state index contributed by atoms with van der Waals surface area (Å²) in [7, 11) is -3.93. The molecule has 2 atom stereocenters. The van der Waals surface area contributed by atoms with Gasteiger partial charge in [-0.2, -0.15) is 13.2 Å². The number of aliphatic imine (C=N–C) groups is 1. The summed E-state index contributed by atoms with van der Waals surface area (Å²) in [5, 5.41) is 8.54. The van der Waals surface area contributed by atoms with E-state index in [1.807, 2.05) is 29.2 Å². The first-order valence-electron chi connectivity index (χ1n) is 13.8. The number of rotatable bonds is 9. The van der Waals surface area contributed by atoms with E-state index in [2.05, 4.69) is 9.71 Å². The maximum absolute atomic E-state index is 14.4. The van der Waals surface area contributed by atoms with E-state index in [0.717, 1.165) is 24.0 Å². The maximum atomic E-state index is 14.4. The summed E-state index contributed by atoms with van der Waals surface area (Å²) in [6.07, 6.45) is -3.15. The van der Waals surface area contributed by atoms with Gasteiger partial charge in [-0.1, -0.05) is 42.5 Å². The second-order valence-corrected chi connectivity index (χ2v) is 13.1. The third-order valence-electron chi connectivity index (χ3n) is 7.85. The molecule has 0 aliphatic carbocycles. The van der Waals surface area contributed by atoms with E-state index < -0.39 is 45.3 Å². The SMILES string of the molecule is CC1(C)OC(=N[C@@H](CCO)c2ccccc2F)NS(=O)(=O)C1Cc1ccc(C2CCN(CCC(F)(F)F)CC2)cc1. The molecule has 4 rings (SSSR count). The number of sulfonamides is 1. The summed E-state index contributed by atoms with van der Waals surface area (Å²) >= 11 is 0. The first-order valence-corrected chi connectivity index (χ1v) is 15.3. The van der Waals surface area contributed by atoms with E-state index in [9.17, 15) is 31.1 Å². The Morgan fingerprint density at radius 3 is 2.37 bits per heavy atom. The Labute approximate surface area is 238 Å². The Morgan fingerprint density at radius 2 is 1.78 bits per heavy atom. The molecule has 0 aromatic heterocycles.